The Labute approximate surface area is 188 Å². The molecule has 0 unspecified atom stereocenters. The summed E-state index contributed by atoms with van der Waals surface area (Å²) in [5.74, 6) is -0.522. The normalized spacial score (nSPS) is 15.7. The summed E-state index contributed by atoms with van der Waals surface area (Å²) in [7, 11) is -4.05. The van der Waals surface area contributed by atoms with Crippen molar-refractivity contribution in [2.45, 2.75) is 17.9 Å². The second-order valence-corrected chi connectivity index (χ2v) is 9.72. The number of hydrogen-bond donors (Lipinski definition) is 0. The fourth-order valence-electron chi connectivity index (χ4n) is 3.18. The van der Waals surface area contributed by atoms with Gasteiger partial charge in [0.25, 0.3) is 10.0 Å². The number of ether oxygens (including phenoxy) is 1. The lowest BCUT2D eigenvalue weighted by atomic mass is 9.99. The maximum atomic E-state index is 13.6. The highest BCUT2D eigenvalue weighted by Gasteiger charge is 2.32. The van der Waals surface area contributed by atoms with Gasteiger partial charge in [0.2, 0.25) is 0 Å². The van der Waals surface area contributed by atoms with Crippen molar-refractivity contribution in [3.8, 4) is 0 Å². The van der Waals surface area contributed by atoms with Crippen LogP contribution in [-0.4, -0.2) is 18.7 Å². The average molecular weight is 483 g/mol. The maximum absolute atomic E-state index is 13.6. The minimum absolute atomic E-state index is 0.00723. The molecular formula is C21H14Cl3NO4S. The Morgan fingerprint density at radius 3 is 2.43 bits per heavy atom. The number of carbonyl (C=O) groups excluding carboxylic acids is 1. The third-order valence-corrected chi connectivity index (χ3v) is 7.45. The molecule has 4 rings (SSSR count). The van der Waals surface area contributed by atoms with Crippen molar-refractivity contribution in [3.05, 3.63) is 98.4 Å². The molecule has 1 aliphatic carbocycles. The molecule has 154 valence electrons. The molecule has 0 saturated heterocycles. The van der Waals surface area contributed by atoms with Crippen LogP contribution in [0.3, 0.4) is 0 Å². The molecule has 9 heteroatoms. The second kappa shape index (κ2) is 8.12. The minimum atomic E-state index is -4.05. The van der Waals surface area contributed by atoms with Crippen molar-refractivity contribution in [2.75, 3.05) is 0 Å². The smallest absolute Gasteiger partial charge is 0.343 e. The lowest BCUT2D eigenvalue weighted by Gasteiger charge is -2.28. The molecule has 5 nitrogen and oxygen atoms in total. The van der Waals surface area contributed by atoms with Crippen LogP contribution in [0.15, 0.2) is 82.6 Å². The number of allylic oxidation sites excluding steroid dienone is 2. The van der Waals surface area contributed by atoms with E-state index in [1.54, 1.807) is 36.4 Å². The number of hydrogen-bond acceptors (Lipinski definition) is 4. The Balaban J connectivity index is 1.84. The predicted molar refractivity (Wildman–Crippen MR) is 116 cm³/mol. The molecule has 1 heterocycles. The molecule has 0 N–H and O–H groups in total. The number of halogens is 3. The zero-order valence-corrected chi connectivity index (χ0v) is 18.4. The van der Waals surface area contributed by atoms with E-state index in [0.29, 0.717) is 38.9 Å². The van der Waals surface area contributed by atoms with E-state index in [9.17, 15) is 13.2 Å². The van der Waals surface area contributed by atoms with Gasteiger partial charge in [0.15, 0.2) is 0 Å². The number of sulfonamides is 1. The quantitative estimate of drug-likeness (QED) is 0.529. The largest absolute Gasteiger partial charge is 0.431 e. The number of benzene rings is 2. The van der Waals surface area contributed by atoms with Gasteiger partial charge in [-0.25, -0.2) is 13.2 Å². The van der Waals surface area contributed by atoms with Gasteiger partial charge in [-0.1, -0.05) is 53.0 Å². The van der Waals surface area contributed by atoms with E-state index in [4.69, 9.17) is 39.5 Å². The maximum Gasteiger partial charge on any atom is 0.343 e. The van der Waals surface area contributed by atoms with Gasteiger partial charge in [0.05, 0.1) is 23.3 Å². The number of carbonyl (C=O) groups is 1. The molecule has 0 saturated carbocycles. The zero-order valence-electron chi connectivity index (χ0n) is 15.3. The van der Waals surface area contributed by atoms with Crippen LogP contribution >= 0.6 is 34.8 Å². The molecule has 0 radical (unpaired) electrons. The molecule has 0 bridgehead atoms. The van der Waals surface area contributed by atoms with Crippen molar-refractivity contribution in [1.82, 2.24) is 4.31 Å². The molecule has 0 atom stereocenters. The van der Waals surface area contributed by atoms with E-state index < -0.39 is 16.0 Å². The van der Waals surface area contributed by atoms with E-state index in [0.717, 1.165) is 0 Å². The van der Waals surface area contributed by atoms with E-state index in [-0.39, 0.29) is 16.5 Å². The summed E-state index contributed by atoms with van der Waals surface area (Å²) < 4.78 is 33.2. The van der Waals surface area contributed by atoms with Gasteiger partial charge in [-0.2, -0.15) is 0 Å². The van der Waals surface area contributed by atoms with Crippen molar-refractivity contribution in [1.29, 1.82) is 0 Å². The molecule has 30 heavy (non-hydrogen) atoms. The first-order valence-electron chi connectivity index (χ1n) is 8.81. The Morgan fingerprint density at radius 1 is 1.03 bits per heavy atom. The Bertz CT molecular complexity index is 1230. The number of nitrogens with zero attached hydrogens (tertiary/aromatic N) is 1. The predicted octanol–water partition coefficient (Wildman–Crippen LogP) is 5.49. The third kappa shape index (κ3) is 3.88. The van der Waals surface area contributed by atoms with E-state index >= 15 is 0 Å². The summed E-state index contributed by atoms with van der Waals surface area (Å²) in [6.45, 7) is -0.128. The van der Waals surface area contributed by atoms with Crippen LogP contribution in [0.5, 0.6) is 0 Å². The van der Waals surface area contributed by atoms with Gasteiger partial charge in [-0.15, -0.1) is 0 Å². The molecular weight excluding hydrogens is 469 g/mol. The Kier molecular flexibility index (Phi) is 5.68. The molecule has 2 aromatic carbocycles. The second-order valence-electron chi connectivity index (χ2n) is 6.61. The summed E-state index contributed by atoms with van der Waals surface area (Å²) in [6.07, 6.45) is 4.94. The zero-order chi connectivity index (χ0) is 21.5. The fourth-order valence-corrected chi connectivity index (χ4v) is 5.44. The number of fused-ring (bicyclic) bond motifs is 1. The monoisotopic (exact) mass is 481 g/mol. The van der Waals surface area contributed by atoms with Gasteiger partial charge in [0, 0.05) is 31.9 Å². The first kappa shape index (κ1) is 21.0. The molecule has 0 spiro atoms. The summed E-state index contributed by atoms with van der Waals surface area (Å²) in [5.41, 5.74) is 1.78. The molecule has 0 amide bonds. The summed E-state index contributed by atoms with van der Waals surface area (Å²) in [4.78, 5) is 12.0. The molecule has 2 aromatic rings. The van der Waals surface area contributed by atoms with Gasteiger partial charge < -0.3 is 4.74 Å². The number of esters is 1. The number of rotatable bonds is 5. The average Bonchev–Trinajstić information content (AvgIpc) is 3.08. The lowest BCUT2D eigenvalue weighted by Crippen LogP contribution is -2.31. The Morgan fingerprint density at radius 2 is 1.73 bits per heavy atom. The van der Waals surface area contributed by atoms with Crippen LogP contribution in [0.2, 0.25) is 15.1 Å². The van der Waals surface area contributed by atoms with Crippen LogP contribution in [-0.2, 0) is 26.1 Å². The van der Waals surface area contributed by atoms with Crippen molar-refractivity contribution in [3.63, 3.8) is 0 Å². The lowest BCUT2D eigenvalue weighted by molar-refractivity contribution is -0.132. The first-order valence-corrected chi connectivity index (χ1v) is 11.4. The summed E-state index contributed by atoms with van der Waals surface area (Å²) in [5, 5.41) is 0.949. The van der Waals surface area contributed by atoms with E-state index in [1.807, 2.05) is 0 Å². The highest BCUT2D eigenvalue weighted by Crippen LogP contribution is 2.35. The van der Waals surface area contributed by atoms with Crippen molar-refractivity contribution < 1.29 is 17.9 Å². The van der Waals surface area contributed by atoms with Gasteiger partial charge in [-0.05, 0) is 42.8 Å². The molecule has 2 aliphatic rings. The van der Waals surface area contributed by atoms with Crippen LogP contribution in [0.25, 0.3) is 0 Å². The minimum Gasteiger partial charge on any atom is -0.431 e. The standard InChI is InChI=1S/C21H14Cl3NO4S/c22-14-3-1-4-16(9-14)30(27,28)25(11-18-19(23)5-2-6-20(18)24)15-8-7-13-12-29-21(26)17(13)10-15/h1-6,8-10,12H,7,11H2. The topological polar surface area (TPSA) is 63.7 Å². The van der Waals surface area contributed by atoms with Crippen LogP contribution in [0.1, 0.15) is 12.0 Å². The van der Waals surface area contributed by atoms with Gasteiger partial charge >= 0.3 is 5.97 Å². The SMILES string of the molecule is O=C1OC=C2CC=C(N(Cc3c(Cl)cccc3Cl)S(=O)(=O)c3cccc(Cl)c3)C=C12. The highest BCUT2D eigenvalue weighted by atomic mass is 35.5. The van der Waals surface area contributed by atoms with Gasteiger partial charge in [-0.3, -0.25) is 4.31 Å². The van der Waals surface area contributed by atoms with E-state index in [1.165, 1.54) is 28.8 Å². The Hall–Kier alpha value is -2.25. The molecule has 0 aromatic heterocycles. The van der Waals surface area contributed by atoms with Crippen molar-refractivity contribution in [2.24, 2.45) is 0 Å². The van der Waals surface area contributed by atoms with Gasteiger partial charge in [0.1, 0.15) is 0 Å². The van der Waals surface area contributed by atoms with E-state index in [2.05, 4.69) is 0 Å². The highest BCUT2D eigenvalue weighted by molar-refractivity contribution is 7.89. The summed E-state index contributed by atoms with van der Waals surface area (Å²) >= 11 is 18.6. The van der Waals surface area contributed by atoms with Crippen LogP contribution in [0.4, 0.5) is 0 Å². The molecule has 1 aliphatic heterocycles. The summed E-state index contributed by atoms with van der Waals surface area (Å²) in [6, 6.07) is 10.9. The van der Waals surface area contributed by atoms with Crippen LogP contribution in [0, 0.1) is 0 Å². The molecule has 0 fully saturated rings. The fraction of sp³-hybridized carbons (Fsp3) is 0.0952. The third-order valence-electron chi connectivity index (χ3n) is 4.73. The first-order chi connectivity index (χ1) is 14.3. The van der Waals surface area contributed by atoms with Crippen LogP contribution < -0.4 is 0 Å². The van der Waals surface area contributed by atoms with Crippen molar-refractivity contribution >= 4 is 50.8 Å². The number of cyclic esters (lactones) is 1.